The molecule has 26 heavy (non-hydrogen) atoms. The Labute approximate surface area is 151 Å². The summed E-state index contributed by atoms with van der Waals surface area (Å²) in [6.45, 7) is 3.95. The fourth-order valence-electron chi connectivity index (χ4n) is 2.66. The fraction of sp³-hybridized carbons (Fsp3) is 0.250. The smallest absolute Gasteiger partial charge is 0.258 e. The van der Waals surface area contributed by atoms with Gasteiger partial charge in [0.1, 0.15) is 11.6 Å². The molecular formula is C20H20N4O2. The molecule has 0 aliphatic carbocycles. The molecule has 0 spiro atoms. The Morgan fingerprint density at radius 2 is 1.96 bits per heavy atom. The first-order valence-corrected chi connectivity index (χ1v) is 8.44. The highest BCUT2D eigenvalue weighted by atomic mass is 16.5. The van der Waals surface area contributed by atoms with Crippen molar-refractivity contribution in [1.82, 2.24) is 15.3 Å². The van der Waals surface area contributed by atoms with Gasteiger partial charge in [-0.05, 0) is 42.3 Å². The number of nitriles is 1. The Balaban J connectivity index is 1.65. The SMILES string of the molecule is CC(C)[C@@H](NC(=O)COc1ccc(C#N)cc1)c1nc2ccccc2[nH]1. The molecule has 3 aromatic rings. The second kappa shape index (κ2) is 7.70. The quantitative estimate of drug-likeness (QED) is 0.715. The van der Waals surface area contributed by atoms with E-state index in [1.165, 1.54) is 0 Å². The molecule has 1 aromatic heterocycles. The lowest BCUT2D eigenvalue weighted by Gasteiger charge is -2.20. The van der Waals surface area contributed by atoms with Crippen molar-refractivity contribution in [2.24, 2.45) is 5.92 Å². The molecule has 0 radical (unpaired) electrons. The predicted octanol–water partition coefficient (Wildman–Crippen LogP) is 3.33. The van der Waals surface area contributed by atoms with Crippen LogP contribution in [0.3, 0.4) is 0 Å². The van der Waals surface area contributed by atoms with Gasteiger partial charge < -0.3 is 15.0 Å². The molecule has 6 nitrogen and oxygen atoms in total. The minimum atomic E-state index is -0.237. The van der Waals surface area contributed by atoms with E-state index < -0.39 is 0 Å². The van der Waals surface area contributed by atoms with Crippen molar-refractivity contribution in [2.75, 3.05) is 6.61 Å². The summed E-state index contributed by atoms with van der Waals surface area (Å²) >= 11 is 0. The number of imidazole rings is 1. The average molecular weight is 348 g/mol. The van der Waals surface area contributed by atoms with Gasteiger partial charge in [-0.15, -0.1) is 0 Å². The molecule has 0 bridgehead atoms. The maximum absolute atomic E-state index is 12.3. The summed E-state index contributed by atoms with van der Waals surface area (Å²) in [4.78, 5) is 20.2. The number of nitrogens with zero attached hydrogens (tertiary/aromatic N) is 2. The number of carbonyl (C=O) groups is 1. The number of hydrogen-bond acceptors (Lipinski definition) is 4. The van der Waals surface area contributed by atoms with E-state index in [-0.39, 0.29) is 24.5 Å². The van der Waals surface area contributed by atoms with E-state index in [2.05, 4.69) is 15.3 Å². The number of hydrogen-bond donors (Lipinski definition) is 2. The molecule has 3 rings (SSSR count). The van der Waals surface area contributed by atoms with E-state index in [1.807, 2.05) is 44.2 Å². The Morgan fingerprint density at radius 1 is 1.23 bits per heavy atom. The topological polar surface area (TPSA) is 90.8 Å². The maximum Gasteiger partial charge on any atom is 0.258 e. The number of ether oxygens (including phenoxy) is 1. The number of nitrogens with one attached hydrogen (secondary N) is 2. The second-order valence-electron chi connectivity index (χ2n) is 6.35. The van der Waals surface area contributed by atoms with Crippen LogP contribution in [-0.4, -0.2) is 22.5 Å². The minimum Gasteiger partial charge on any atom is -0.484 e. The van der Waals surface area contributed by atoms with Crippen molar-refractivity contribution in [1.29, 1.82) is 5.26 Å². The summed E-state index contributed by atoms with van der Waals surface area (Å²) < 4.78 is 5.49. The lowest BCUT2D eigenvalue weighted by atomic mass is 10.0. The van der Waals surface area contributed by atoms with Crippen molar-refractivity contribution < 1.29 is 9.53 Å². The molecule has 0 saturated heterocycles. The monoisotopic (exact) mass is 348 g/mol. The Bertz CT molecular complexity index is 905. The maximum atomic E-state index is 12.3. The number of rotatable bonds is 6. The summed E-state index contributed by atoms with van der Waals surface area (Å²) in [6.07, 6.45) is 0. The summed E-state index contributed by atoms with van der Waals surface area (Å²) in [7, 11) is 0. The normalized spacial score (nSPS) is 11.9. The molecular weight excluding hydrogens is 328 g/mol. The molecule has 0 unspecified atom stereocenters. The van der Waals surface area contributed by atoms with Crippen LogP contribution in [-0.2, 0) is 4.79 Å². The molecule has 0 fully saturated rings. The van der Waals surface area contributed by atoms with E-state index in [9.17, 15) is 4.79 Å². The summed E-state index contributed by atoms with van der Waals surface area (Å²) in [5.41, 5.74) is 2.36. The zero-order valence-electron chi connectivity index (χ0n) is 14.7. The van der Waals surface area contributed by atoms with Crippen LogP contribution in [0.15, 0.2) is 48.5 Å². The molecule has 2 aromatic carbocycles. The predicted molar refractivity (Wildman–Crippen MR) is 98.5 cm³/mol. The number of H-pyrrole nitrogens is 1. The van der Waals surface area contributed by atoms with Crippen LogP contribution in [0.5, 0.6) is 5.75 Å². The van der Waals surface area contributed by atoms with Crippen molar-refractivity contribution in [3.05, 3.63) is 59.9 Å². The van der Waals surface area contributed by atoms with E-state index in [0.717, 1.165) is 16.9 Å². The van der Waals surface area contributed by atoms with Crippen molar-refractivity contribution in [3.8, 4) is 11.8 Å². The molecule has 6 heteroatoms. The fourth-order valence-corrected chi connectivity index (χ4v) is 2.66. The highest BCUT2D eigenvalue weighted by molar-refractivity contribution is 5.78. The van der Waals surface area contributed by atoms with Crippen molar-refractivity contribution >= 4 is 16.9 Å². The van der Waals surface area contributed by atoms with Gasteiger partial charge in [0, 0.05) is 0 Å². The van der Waals surface area contributed by atoms with Crippen LogP contribution in [0, 0.1) is 17.2 Å². The number of carbonyl (C=O) groups excluding carboxylic acids is 1. The molecule has 132 valence electrons. The standard InChI is InChI=1S/C20H20N4O2/c1-13(2)19(20-22-16-5-3-4-6-17(16)23-20)24-18(25)12-26-15-9-7-14(11-21)8-10-15/h3-10,13,19H,12H2,1-2H3,(H,22,23)(H,24,25)/t19-/m1/s1. The third kappa shape index (κ3) is 4.01. The van der Waals surface area contributed by atoms with E-state index >= 15 is 0 Å². The summed E-state index contributed by atoms with van der Waals surface area (Å²) in [5, 5.41) is 11.8. The second-order valence-corrected chi connectivity index (χ2v) is 6.35. The summed E-state index contributed by atoms with van der Waals surface area (Å²) in [6, 6.07) is 16.2. The number of para-hydroxylation sites is 2. The highest BCUT2D eigenvalue weighted by Gasteiger charge is 2.22. The molecule has 1 amide bonds. The number of amides is 1. The molecule has 2 N–H and O–H groups in total. The summed E-state index contributed by atoms with van der Waals surface area (Å²) in [5.74, 6) is 1.21. The van der Waals surface area contributed by atoms with Crippen LogP contribution in [0.25, 0.3) is 11.0 Å². The van der Waals surface area contributed by atoms with Gasteiger partial charge in [0.25, 0.3) is 5.91 Å². The molecule has 0 aliphatic heterocycles. The van der Waals surface area contributed by atoms with Gasteiger partial charge in [0.2, 0.25) is 0 Å². The molecule has 1 atom stereocenters. The van der Waals surface area contributed by atoms with Crippen molar-refractivity contribution in [3.63, 3.8) is 0 Å². The van der Waals surface area contributed by atoms with Crippen LogP contribution in [0.4, 0.5) is 0 Å². The molecule has 0 saturated carbocycles. The Morgan fingerprint density at radius 3 is 2.62 bits per heavy atom. The first kappa shape index (κ1) is 17.5. The number of benzene rings is 2. The van der Waals surface area contributed by atoms with Gasteiger partial charge in [-0.25, -0.2) is 4.98 Å². The van der Waals surface area contributed by atoms with E-state index in [0.29, 0.717) is 11.3 Å². The number of fused-ring (bicyclic) bond motifs is 1. The van der Waals surface area contributed by atoms with E-state index in [1.54, 1.807) is 24.3 Å². The lowest BCUT2D eigenvalue weighted by Crippen LogP contribution is -2.35. The average Bonchev–Trinajstić information content (AvgIpc) is 3.08. The molecule has 1 heterocycles. The van der Waals surface area contributed by atoms with E-state index in [4.69, 9.17) is 10.00 Å². The highest BCUT2D eigenvalue weighted by Crippen LogP contribution is 2.22. The van der Waals surface area contributed by atoms with Gasteiger partial charge in [-0.3, -0.25) is 4.79 Å². The largest absolute Gasteiger partial charge is 0.484 e. The van der Waals surface area contributed by atoms with Crippen LogP contribution < -0.4 is 10.1 Å². The minimum absolute atomic E-state index is 0.102. The third-order valence-electron chi connectivity index (χ3n) is 4.04. The zero-order valence-corrected chi connectivity index (χ0v) is 14.7. The van der Waals surface area contributed by atoms with Crippen molar-refractivity contribution in [2.45, 2.75) is 19.9 Å². The molecule has 0 aliphatic rings. The first-order valence-electron chi connectivity index (χ1n) is 8.44. The Hall–Kier alpha value is -3.33. The third-order valence-corrected chi connectivity index (χ3v) is 4.04. The van der Waals surface area contributed by atoms with Crippen LogP contribution >= 0.6 is 0 Å². The van der Waals surface area contributed by atoms with Gasteiger partial charge in [0.15, 0.2) is 6.61 Å². The Kier molecular flexibility index (Phi) is 5.18. The van der Waals surface area contributed by atoms with Gasteiger partial charge in [-0.1, -0.05) is 26.0 Å². The zero-order chi connectivity index (χ0) is 18.5. The van der Waals surface area contributed by atoms with Gasteiger partial charge in [0.05, 0.1) is 28.7 Å². The lowest BCUT2D eigenvalue weighted by molar-refractivity contribution is -0.124. The van der Waals surface area contributed by atoms with Crippen LogP contribution in [0.2, 0.25) is 0 Å². The van der Waals surface area contributed by atoms with Gasteiger partial charge >= 0.3 is 0 Å². The number of aromatic amines is 1. The number of aromatic nitrogens is 2. The first-order chi connectivity index (χ1) is 12.6. The van der Waals surface area contributed by atoms with Gasteiger partial charge in [-0.2, -0.15) is 5.26 Å². The van der Waals surface area contributed by atoms with Crippen LogP contribution in [0.1, 0.15) is 31.3 Å².